The Morgan fingerprint density at radius 3 is 2.85 bits per heavy atom. The summed E-state index contributed by atoms with van der Waals surface area (Å²) in [5.74, 6) is 0.238. The second-order valence-electron chi connectivity index (χ2n) is 7.54. The Morgan fingerprint density at radius 1 is 1.33 bits per heavy atom. The standard InChI is InChI=1S/C20H28N4O3/c1-5-24-18-10-9-15(11-17(18)22-23-24)20(26)27-14(4)19(25)21-16-8-6-7-12(2)13(16)3/h9-14,16H,5-8H2,1-4H3,(H,21,25)/t12-,13+,14+,16+/m0/s1. The molecule has 27 heavy (non-hydrogen) atoms. The fraction of sp³-hybridized carbons (Fsp3) is 0.600. The molecule has 7 heteroatoms. The van der Waals surface area contributed by atoms with Gasteiger partial charge >= 0.3 is 5.97 Å². The number of benzene rings is 1. The summed E-state index contributed by atoms with van der Waals surface area (Å²) < 4.78 is 7.13. The van der Waals surface area contributed by atoms with Gasteiger partial charge in [-0.05, 0) is 50.3 Å². The van der Waals surface area contributed by atoms with Gasteiger partial charge in [-0.3, -0.25) is 4.79 Å². The highest BCUT2D eigenvalue weighted by atomic mass is 16.5. The normalized spacial score (nSPS) is 23.8. The van der Waals surface area contributed by atoms with Gasteiger partial charge in [0.15, 0.2) is 6.10 Å². The topological polar surface area (TPSA) is 86.1 Å². The van der Waals surface area contributed by atoms with Crippen LogP contribution in [0.1, 0.15) is 57.3 Å². The molecule has 4 atom stereocenters. The molecular formula is C20H28N4O3. The lowest BCUT2D eigenvalue weighted by Gasteiger charge is -2.35. The fourth-order valence-corrected chi connectivity index (χ4v) is 3.70. The van der Waals surface area contributed by atoms with Gasteiger partial charge in [0.2, 0.25) is 0 Å². The van der Waals surface area contributed by atoms with Crippen molar-refractivity contribution in [2.45, 2.75) is 65.6 Å². The van der Waals surface area contributed by atoms with Crippen LogP contribution in [0.3, 0.4) is 0 Å². The molecule has 1 N–H and O–H groups in total. The van der Waals surface area contributed by atoms with E-state index in [1.165, 1.54) is 6.42 Å². The van der Waals surface area contributed by atoms with Gasteiger partial charge in [-0.1, -0.05) is 31.9 Å². The Bertz CT molecular complexity index is 832. The number of nitrogens with one attached hydrogen (secondary N) is 1. The first-order chi connectivity index (χ1) is 12.9. The maximum atomic E-state index is 12.5. The molecule has 1 aliphatic carbocycles. The number of rotatable bonds is 5. The van der Waals surface area contributed by atoms with Gasteiger partial charge in [-0.15, -0.1) is 5.10 Å². The molecule has 1 fully saturated rings. The van der Waals surface area contributed by atoms with E-state index in [0.29, 0.717) is 29.5 Å². The summed E-state index contributed by atoms with van der Waals surface area (Å²) in [5.41, 5.74) is 1.86. The number of amides is 1. The summed E-state index contributed by atoms with van der Waals surface area (Å²) in [7, 11) is 0. The minimum absolute atomic E-state index is 0.142. The third-order valence-corrected chi connectivity index (χ3v) is 5.74. The van der Waals surface area contributed by atoms with Crippen molar-refractivity contribution in [3.63, 3.8) is 0 Å². The second kappa shape index (κ2) is 8.06. The monoisotopic (exact) mass is 372 g/mol. The highest BCUT2D eigenvalue weighted by molar-refractivity contribution is 5.95. The number of carbonyl (C=O) groups is 2. The van der Waals surface area contributed by atoms with E-state index in [1.54, 1.807) is 29.8 Å². The summed E-state index contributed by atoms with van der Waals surface area (Å²) >= 11 is 0. The first-order valence-electron chi connectivity index (χ1n) is 9.75. The SMILES string of the molecule is CCn1nnc2cc(C(=O)O[C@H](C)C(=O)N[C@@H]3CCC[C@H](C)[C@H]3C)ccc21. The number of nitrogens with zero attached hydrogens (tertiary/aromatic N) is 3. The Hall–Kier alpha value is -2.44. The van der Waals surface area contributed by atoms with E-state index in [2.05, 4.69) is 29.5 Å². The third kappa shape index (κ3) is 4.12. The van der Waals surface area contributed by atoms with Crippen LogP contribution < -0.4 is 5.32 Å². The van der Waals surface area contributed by atoms with Gasteiger partial charge in [0, 0.05) is 12.6 Å². The smallest absolute Gasteiger partial charge is 0.338 e. The van der Waals surface area contributed by atoms with E-state index in [0.717, 1.165) is 18.4 Å². The lowest BCUT2D eigenvalue weighted by atomic mass is 9.78. The molecule has 1 amide bonds. The highest BCUT2D eigenvalue weighted by Crippen LogP contribution is 2.29. The molecule has 0 aliphatic heterocycles. The zero-order chi connectivity index (χ0) is 19.6. The number of aromatic nitrogens is 3. The Balaban J connectivity index is 1.62. The molecule has 1 aromatic carbocycles. The summed E-state index contributed by atoms with van der Waals surface area (Å²) in [6.45, 7) is 8.68. The minimum Gasteiger partial charge on any atom is -0.449 e. The summed E-state index contributed by atoms with van der Waals surface area (Å²) in [6.07, 6.45) is 2.44. The number of hydrogen-bond acceptors (Lipinski definition) is 5. The molecule has 1 saturated carbocycles. The first kappa shape index (κ1) is 19.3. The van der Waals surface area contributed by atoms with Crippen molar-refractivity contribution in [2.24, 2.45) is 11.8 Å². The quantitative estimate of drug-likeness (QED) is 0.816. The zero-order valence-electron chi connectivity index (χ0n) is 16.4. The molecule has 146 valence electrons. The molecule has 0 bridgehead atoms. The van der Waals surface area contributed by atoms with E-state index in [9.17, 15) is 9.59 Å². The Morgan fingerprint density at radius 2 is 2.11 bits per heavy atom. The van der Waals surface area contributed by atoms with Crippen LogP contribution in [0.25, 0.3) is 11.0 Å². The van der Waals surface area contributed by atoms with Crippen molar-refractivity contribution in [2.75, 3.05) is 0 Å². The first-order valence-corrected chi connectivity index (χ1v) is 9.75. The van der Waals surface area contributed by atoms with E-state index in [-0.39, 0.29) is 11.9 Å². The van der Waals surface area contributed by atoms with Crippen LogP contribution in [0, 0.1) is 11.8 Å². The van der Waals surface area contributed by atoms with Crippen molar-refractivity contribution < 1.29 is 14.3 Å². The number of esters is 1. The van der Waals surface area contributed by atoms with Crippen molar-refractivity contribution in [1.82, 2.24) is 20.3 Å². The average Bonchev–Trinajstić information content (AvgIpc) is 3.07. The molecule has 7 nitrogen and oxygen atoms in total. The van der Waals surface area contributed by atoms with Gasteiger partial charge in [-0.25, -0.2) is 9.48 Å². The molecule has 1 aliphatic rings. The number of carbonyl (C=O) groups excluding carboxylic acids is 2. The van der Waals surface area contributed by atoms with Crippen LogP contribution in [-0.4, -0.2) is 39.0 Å². The molecule has 2 aromatic rings. The van der Waals surface area contributed by atoms with Gasteiger partial charge in [0.25, 0.3) is 5.91 Å². The van der Waals surface area contributed by atoms with Crippen LogP contribution in [0.15, 0.2) is 18.2 Å². The molecule has 1 heterocycles. The summed E-state index contributed by atoms with van der Waals surface area (Å²) in [5, 5.41) is 11.2. The van der Waals surface area contributed by atoms with Crippen LogP contribution in [0.5, 0.6) is 0 Å². The highest BCUT2D eigenvalue weighted by Gasteiger charge is 2.30. The number of fused-ring (bicyclic) bond motifs is 1. The van der Waals surface area contributed by atoms with Crippen molar-refractivity contribution in [3.05, 3.63) is 23.8 Å². The van der Waals surface area contributed by atoms with Crippen LogP contribution in [0.4, 0.5) is 0 Å². The summed E-state index contributed by atoms with van der Waals surface area (Å²) in [6, 6.07) is 5.26. The van der Waals surface area contributed by atoms with E-state index in [1.807, 2.05) is 6.92 Å². The number of aryl methyl sites for hydroxylation is 1. The molecule has 0 spiro atoms. The van der Waals surface area contributed by atoms with Gasteiger partial charge < -0.3 is 10.1 Å². The minimum atomic E-state index is -0.844. The van der Waals surface area contributed by atoms with E-state index >= 15 is 0 Å². The molecule has 3 rings (SSSR count). The molecular weight excluding hydrogens is 344 g/mol. The van der Waals surface area contributed by atoms with Gasteiger partial charge in [0.05, 0.1) is 11.1 Å². The maximum Gasteiger partial charge on any atom is 0.338 e. The maximum absolute atomic E-state index is 12.5. The van der Waals surface area contributed by atoms with Crippen LogP contribution in [-0.2, 0) is 16.1 Å². The predicted octanol–water partition coefficient (Wildman–Crippen LogP) is 2.94. The summed E-state index contributed by atoms with van der Waals surface area (Å²) in [4.78, 5) is 24.9. The molecule has 0 unspecified atom stereocenters. The number of hydrogen-bond donors (Lipinski definition) is 1. The predicted molar refractivity (Wildman–Crippen MR) is 102 cm³/mol. The van der Waals surface area contributed by atoms with Crippen LogP contribution >= 0.6 is 0 Å². The average molecular weight is 372 g/mol. The zero-order valence-corrected chi connectivity index (χ0v) is 16.4. The van der Waals surface area contributed by atoms with Crippen molar-refractivity contribution in [1.29, 1.82) is 0 Å². The van der Waals surface area contributed by atoms with Gasteiger partial charge in [0.1, 0.15) is 5.52 Å². The van der Waals surface area contributed by atoms with Crippen molar-refractivity contribution in [3.8, 4) is 0 Å². The third-order valence-electron chi connectivity index (χ3n) is 5.74. The van der Waals surface area contributed by atoms with Crippen molar-refractivity contribution >= 4 is 22.9 Å². The Labute approximate surface area is 159 Å². The van der Waals surface area contributed by atoms with Crippen LogP contribution in [0.2, 0.25) is 0 Å². The van der Waals surface area contributed by atoms with Gasteiger partial charge in [-0.2, -0.15) is 0 Å². The molecule has 1 aromatic heterocycles. The van der Waals surface area contributed by atoms with E-state index < -0.39 is 12.1 Å². The largest absolute Gasteiger partial charge is 0.449 e. The fourth-order valence-electron chi connectivity index (χ4n) is 3.70. The number of ether oxygens (including phenoxy) is 1. The lowest BCUT2D eigenvalue weighted by molar-refractivity contribution is -0.130. The lowest BCUT2D eigenvalue weighted by Crippen LogP contribution is -2.47. The second-order valence-corrected chi connectivity index (χ2v) is 7.54. The molecule has 0 saturated heterocycles. The molecule has 0 radical (unpaired) electrons. The van der Waals surface area contributed by atoms with E-state index in [4.69, 9.17) is 4.74 Å². The Kier molecular flexibility index (Phi) is 5.77.